The third-order valence-corrected chi connectivity index (χ3v) is 2.16. The summed E-state index contributed by atoms with van der Waals surface area (Å²) in [7, 11) is 1.11. The van der Waals surface area contributed by atoms with E-state index in [4.69, 9.17) is 4.74 Å². The fraction of sp³-hybridized carbons (Fsp3) is 0.385. The fourth-order valence-corrected chi connectivity index (χ4v) is 1.42. The van der Waals surface area contributed by atoms with Gasteiger partial charge in [0.05, 0.1) is 18.4 Å². The number of ether oxygens (including phenoxy) is 2. The van der Waals surface area contributed by atoms with Gasteiger partial charge >= 0.3 is 6.09 Å². The standard InChI is InChI=1S/C13H15F2NO4/c1-13(2,3)20-12(18)16-8-5-7(6-17)9(14)10(15)11(8)19-4/h5-6H,1-4H3,(H,16,18). The van der Waals surface area contributed by atoms with Crippen LogP contribution >= 0.6 is 0 Å². The molecule has 20 heavy (non-hydrogen) atoms. The molecule has 0 aromatic heterocycles. The van der Waals surface area contributed by atoms with Gasteiger partial charge in [-0.15, -0.1) is 0 Å². The van der Waals surface area contributed by atoms with Crippen molar-refractivity contribution in [1.29, 1.82) is 0 Å². The summed E-state index contributed by atoms with van der Waals surface area (Å²) < 4.78 is 36.7. The number of halogens is 2. The average molecular weight is 287 g/mol. The van der Waals surface area contributed by atoms with Crippen LogP contribution in [0.15, 0.2) is 6.07 Å². The lowest BCUT2D eigenvalue weighted by atomic mass is 10.1. The van der Waals surface area contributed by atoms with Crippen LogP contribution in [0.4, 0.5) is 19.3 Å². The van der Waals surface area contributed by atoms with E-state index in [1.54, 1.807) is 20.8 Å². The van der Waals surface area contributed by atoms with Crippen molar-refractivity contribution < 1.29 is 27.8 Å². The van der Waals surface area contributed by atoms with Crippen LogP contribution in [0, 0.1) is 11.6 Å². The topological polar surface area (TPSA) is 64.6 Å². The quantitative estimate of drug-likeness (QED) is 0.867. The highest BCUT2D eigenvalue weighted by Crippen LogP contribution is 2.31. The minimum Gasteiger partial charge on any atom is -0.491 e. The van der Waals surface area contributed by atoms with Crippen LogP contribution in [0.25, 0.3) is 0 Å². The van der Waals surface area contributed by atoms with Crippen LogP contribution in [0.3, 0.4) is 0 Å². The molecule has 0 heterocycles. The molecule has 0 aliphatic heterocycles. The lowest BCUT2D eigenvalue weighted by Crippen LogP contribution is -2.27. The summed E-state index contributed by atoms with van der Waals surface area (Å²) in [6, 6.07) is 0.966. The molecule has 0 spiro atoms. The van der Waals surface area contributed by atoms with Gasteiger partial charge < -0.3 is 9.47 Å². The van der Waals surface area contributed by atoms with Crippen LogP contribution < -0.4 is 10.1 Å². The predicted molar refractivity (Wildman–Crippen MR) is 68.2 cm³/mol. The number of carbonyl (C=O) groups is 2. The Morgan fingerprint density at radius 3 is 2.35 bits per heavy atom. The van der Waals surface area contributed by atoms with Gasteiger partial charge in [0.25, 0.3) is 0 Å². The maximum atomic E-state index is 13.6. The molecule has 1 N–H and O–H groups in total. The fourth-order valence-electron chi connectivity index (χ4n) is 1.42. The Morgan fingerprint density at radius 1 is 1.30 bits per heavy atom. The van der Waals surface area contributed by atoms with E-state index in [0.717, 1.165) is 13.2 Å². The van der Waals surface area contributed by atoms with Gasteiger partial charge in [-0.1, -0.05) is 0 Å². The van der Waals surface area contributed by atoms with Crippen molar-refractivity contribution in [2.75, 3.05) is 12.4 Å². The van der Waals surface area contributed by atoms with E-state index >= 15 is 0 Å². The van der Waals surface area contributed by atoms with E-state index in [1.807, 2.05) is 0 Å². The van der Waals surface area contributed by atoms with Crippen molar-refractivity contribution in [3.8, 4) is 5.75 Å². The minimum atomic E-state index is -1.36. The molecule has 0 saturated heterocycles. The van der Waals surface area contributed by atoms with Gasteiger partial charge in [-0.2, -0.15) is 4.39 Å². The molecule has 0 saturated carbocycles. The third-order valence-electron chi connectivity index (χ3n) is 2.16. The Bertz CT molecular complexity index is 538. The van der Waals surface area contributed by atoms with Gasteiger partial charge in [-0.3, -0.25) is 10.1 Å². The zero-order chi connectivity index (χ0) is 15.5. The maximum absolute atomic E-state index is 13.6. The van der Waals surface area contributed by atoms with Crippen molar-refractivity contribution in [2.45, 2.75) is 26.4 Å². The molecule has 0 aliphatic rings. The molecule has 110 valence electrons. The second-order valence-electron chi connectivity index (χ2n) is 4.92. The van der Waals surface area contributed by atoms with E-state index < -0.39 is 34.6 Å². The number of carbonyl (C=O) groups excluding carboxylic acids is 2. The SMILES string of the molecule is COc1c(NC(=O)OC(C)(C)C)cc(C=O)c(F)c1F. The smallest absolute Gasteiger partial charge is 0.412 e. The first kappa shape index (κ1) is 15.9. The molecule has 0 fully saturated rings. The number of hydrogen-bond donors (Lipinski definition) is 1. The summed E-state index contributed by atoms with van der Waals surface area (Å²) in [5.74, 6) is -3.21. The lowest BCUT2D eigenvalue weighted by molar-refractivity contribution is 0.0635. The molecule has 5 nitrogen and oxygen atoms in total. The van der Waals surface area contributed by atoms with Crippen LogP contribution in [0.5, 0.6) is 5.75 Å². The van der Waals surface area contributed by atoms with Gasteiger partial charge in [0.2, 0.25) is 5.82 Å². The van der Waals surface area contributed by atoms with Gasteiger partial charge in [0.15, 0.2) is 17.9 Å². The molecule has 7 heteroatoms. The summed E-state index contributed by atoms with van der Waals surface area (Å²) in [5, 5.41) is 2.21. The van der Waals surface area contributed by atoms with E-state index in [1.165, 1.54) is 0 Å². The van der Waals surface area contributed by atoms with Crippen molar-refractivity contribution in [2.24, 2.45) is 0 Å². The van der Waals surface area contributed by atoms with Crippen molar-refractivity contribution in [3.05, 3.63) is 23.3 Å². The zero-order valence-electron chi connectivity index (χ0n) is 11.5. The number of rotatable bonds is 3. The second-order valence-corrected chi connectivity index (χ2v) is 4.92. The molecule has 0 atom stereocenters. The molecule has 1 aromatic carbocycles. The van der Waals surface area contributed by atoms with E-state index in [0.29, 0.717) is 0 Å². The molecule has 0 unspecified atom stereocenters. The van der Waals surface area contributed by atoms with E-state index in [9.17, 15) is 18.4 Å². The molecular formula is C13H15F2NO4. The molecule has 0 bridgehead atoms. The number of nitrogens with one attached hydrogen (secondary N) is 1. The first-order valence-corrected chi connectivity index (χ1v) is 5.70. The lowest BCUT2D eigenvalue weighted by Gasteiger charge is -2.20. The summed E-state index contributed by atoms with van der Waals surface area (Å²) in [6.45, 7) is 4.93. The van der Waals surface area contributed by atoms with Crippen molar-refractivity contribution >= 4 is 18.1 Å². The highest BCUT2D eigenvalue weighted by molar-refractivity contribution is 5.89. The molecule has 1 amide bonds. The Morgan fingerprint density at radius 2 is 1.90 bits per heavy atom. The zero-order valence-corrected chi connectivity index (χ0v) is 11.5. The Kier molecular flexibility index (Phi) is 4.65. The second kappa shape index (κ2) is 5.85. The first-order valence-electron chi connectivity index (χ1n) is 5.70. The van der Waals surface area contributed by atoms with Crippen molar-refractivity contribution in [1.82, 2.24) is 0 Å². The molecule has 1 rings (SSSR count). The van der Waals surface area contributed by atoms with Crippen molar-refractivity contribution in [3.63, 3.8) is 0 Å². The number of hydrogen-bond acceptors (Lipinski definition) is 4. The number of amides is 1. The van der Waals surface area contributed by atoms with Gasteiger partial charge in [-0.05, 0) is 26.8 Å². The summed E-state index contributed by atoms with van der Waals surface area (Å²) in [6.07, 6.45) is -0.739. The van der Waals surface area contributed by atoms with Gasteiger partial charge in [0.1, 0.15) is 5.60 Å². The summed E-state index contributed by atoms with van der Waals surface area (Å²) >= 11 is 0. The average Bonchev–Trinajstić information content (AvgIpc) is 2.31. The normalized spacial score (nSPS) is 10.9. The Hall–Kier alpha value is -2.18. The minimum absolute atomic E-state index is 0.137. The van der Waals surface area contributed by atoms with Gasteiger partial charge in [0, 0.05) is 0 Å². The van der Waals surface area contributed by atoms with Crippen LogP contribution in [-0.2, 0) is 4.74 Å². The Labute approximate surface area is 114 Å². The predicted octanol–water partition coefficient (Wildman–Crippen LogP) is 3.13. The first-order chi connectivity index (χ1) is 9.19. The highest BCUT2D eigenvalue weighted by atomic mass is 19.2. The molecule has 0 radical (unpaired) electrons. The van der Waals surface area contributed by atoms with Crippen LogP contribution in [0.2, 0.25) is 0 Å². The summed E-state index contributed by atoms with van der Waals surface area (Å²) in [5.41, 5.74) is -1.49. The van der Waals surface area contributed by atoms with Crippen LogP contribution in [-0.4, -0.2) is 25.1 Å². The molecule has 1 aromatic rings. The number of methoxy groups -OCH3 is 1. The monoisotopic (exact) mass is 287 g/mol. The van der Waals surface area contributed by atoms with E-state index in [-0.39, 0.29) is 12.0 Å². The number of aldehydes is 1. The third kappa shape index (κ3) is 3.66. The molecule has 0 aliphatic carbocycles. The van der Waals surface area contributed by atoms with Crippen LogP contribution in [0.1, 0.15) is 31.1 Å². The number of benzene rings is 1. The highest BCUT2D eigenvalue weighted by Gasteiger charge is 2.22. The Balaban J connectivity index is 3.14. The summed E-state index contributed by atoms with van der Waals surface area (Å²) in [4.78, 5) is 22.3. The number of anilines is 1. The largest absolute Gasteiger partial charge is 0.491 e. The van der Waals surface area contributed by atoms with Gasteiger partial charge in [-0.25, -0.2) is 9.18 Å². The molecular weight excluding hydrogens is 272 g/mol. The van der Waals surface area contributed by atoms with E-state index in [2.05, 4.69) is 10.1 Å². The maximum Gasteiger partial charge on any atom is 0.412 e.